The minimum absolute atomic E-state index is 0.0246. The molecule has 0 aliphatic carbocycles. The fourth-order valence-corrected chi connectivity index (χ4v) is 2.22. The van der Waals surface area contributed by atoms with E-state index < -0.39 is 23.8 Å². The third-order valence-corrected chi connectivity index (χ3v) is 3.14. The van der Waals surface area contributed by atoms with Crippen molar-refractivity contribution in [2.75, 3.05) is 0 Å². The Hall–Kier alpha value is -2.05. The molecule has 1 saturated heterocycles. The number of halogens is 3. The lowest BCUT2D eigenvalue weighted by atomic mass is 10.0. The first-order chi connectivity index (χ1) is 9.21. The van der Waals surface area contributed by atoms with Gasteiger partial charge in [-0.1, -0.05) is 12.1 Å². The Kier molecular flexibility index (Phi) is 3.45. The molecule has 2 rings (SSSR count). The van der Waals surface area contributed by atoms with Gasteiger partial charge in [0.1, 0.15) is 11.9 Å². The maximum absolute atomic E-state index is 12.5. The summed E-state index contributed by atoms with van der Waals surface area (Å²) in [6.07, 6.45) is -4.40. The van der Waals surface area contributed by atoms with Gasteiger partial charge in [-0.05, 0) is 31.5 Å². The van der Waals surface area contributed by atoms with E-state index in [1.54, 1.807) is 13.8 Å². The smallest absolute Gasteiger partial charge is 0.308 e. The van der Waals surface area contributed by atoms with Crippen LogP contribution in [0.25, 0.3) is 0 Å². The first-order valence-electron chi connectivity index (χ1n) is 6.06. The summed E-state index contributed by atoms with van der Waals surface area (Å²) in [5, 5.41) is 10.2. The lowest BCUT2D eigenvalue weighted by Gasteiger charge is -2.26. The first-order valence-corrected chi connectivity index (χ1v) is 6.06. The molecule has 0 aromatic heterocycles. The Morgan fingerprint density at radius 3 is 2.25 bits per heavy atom. The van der Waals surface area contributed by atoms with Crippen LogP contribution in [0.2, 0.25) is 0 Å². The van der Waals surface area contributed by atoms with E-state index in [9.17, 15) is 18.0 Å². The van der Waals surface area contributed by atoms with Gasteiger partial charge in [-0.15, -0.1) is 0 Å². The number of nitrogens with zero attached hydrogens (tertiary/aromatic N) is 1. The van der Waals surface area contributed by atoms with E-state index in [0.29, 0.717) is 5.56 Å². The fraction of sp³-hybridized carbons (Fsp3) is 0.385. The number of amidine groups is 1. The third-order valence-electron chi connectivity index (χ3n) is 3.14. The summed E-state index contributed by atoms with van der Waals surface area (Å²) in [6.45, 7) is 3.57. The number of alkyl halides is 3. The lowest BCUT2D eigenvalue weighted by molar-refractivity contribution is -0.137. The predicted octanol–water partition coefficient (Wildman–Crippen LogP) is 3.16. The van der Waals surface area contributed by atoms with E-state index in [-0.39, 0.29) is 11.9 Å². The van der Waals surface area contributed by atoms with E-state index in [0.717, 1.165) is 12.1 Å². The Morgan fingerprint density at radius 1 is 1.25 bits per heavy atom. The molecular formula is C13H14F3N3O. The Balaban J connectivity index is 2.35. The summed E-state index contributed by atoms with van der Waals surface area (Å²) in [5.74, 6) is -0.0246. The molecule has 1 unspecified atom stereocenters. The van der Waals surface area contributed by atoms with Crippen LogP contribution < -0.4 is 5.32 Å². The zero-order valence-electron chi connectivity index (χ0n) is 11.0. The number of rotatable bonds is 2. The normalized spacial score (nSPS) is 19.7. The van der Waals surface area contributed by atoms with Crippen molar-refractivity contribution in [2.45, 2.75) is 32.1 Å². The Labute approximate surface area is 114 Å². The van der Waals surface area contributed by atoms with Crippen LogP contribution in [-0.4, -0.2) is 22.8 Å². The van der Waals surface area contributed by atoms with Crippen molar-refractivity contribution >= 4 is 11.9 Å². The van der Waals surface area contributed by atoms with Crippen LogP contribution in [-0.2, 0) is 6.18 Å². The third kappa shape index (κ3) is 2.48. The van der Waals surface area contributed by atoms with Crippen LogP contribution >= 0.6 is 0 Å². The molecule has 2 amide bonds. The molecule has 7 heteroatoms. The number of benzene rings is 1. The van der Waals surface area contributed by atoms with Gasteiger partial charge in [-0.25, -0.2) is 4.79 Å². The molecule has 1 fully saturated rings. The second-order valence-corrected chi connectivity index (χ2v) is 4.87. The van der Waals surface area contributed by atoms with Crippen LogP contribution in [0.4, 0.5) is 18.0 Å². The minimum Gasteiger partial charge on any atom is -0.308 e. The molecule has 1 aliphatic rings. The van der Waals surface area contributed by atoms with Gasteiger partial charge < -0.3 is 4.90 Å². The van der Waals surface area contributed by atoms with E-state index in [1.165, 1.54) is 17.0 Å². The van der Waals surface area contributed by atoms with Crippen molar-refractivity contribution in [1.82, 2.24) is 10.2 Å². The van der Waals surface area contributed by atoms with Crippen LogP contribution in [0.5, 0.6) is 0 Å². The quantitative estimate of drug-likeness (QED) is 0.861. The highest BCUT2D eigenvalue weighted by molar-refractivity contribution is 6.06. The van der Waals surface area contributed by atoms with Crippen molar-refractivity contribution in [2.24, 2.45) is 0 Å². The molecule has 1 aliphatic heterocycles. The summed E-state index contributed by atoms with van der Waals surface area (Å²) in [7, 11) is 0. The van der Waals surface area contributed by atoms with Gasteiger partial charge in [-0.2, -0.15) is 13.2 Å². The van der Waals surface area contributed by atoms with Gasteiger partial charge in [0.2, 0.25) is 0 Å². The average Bonchev–Trinajstić information content (AvgIpc) is 2.63. The van der Waals surface area contributed by atoms with Crippen molar-refractivity contribution < 1.29 is 18.0 Å². The topological polar surface area (TPSA) is 56.2 Å². The average molecular weight is 285 g/mol. The lowest BCUT2D eigenvalue weighted by Crippen LogP contribution is -2.35. The van der Waals surface area contributed by atoms with E-state index >= 15 is 0 Å². The van der Waals surface area contributed by atoms with Gasteiger partial charge >= 0.3 is 12.2 Å². The molecule has 0 spiro atoms. The summed E-state index contributed by atoms with van der Waals surface area (Å²) < 4.78 is 37.6. The zero-order chi connectivity index (χ0) is 15.1. The molecule has 0 saturated carbocycles. The predicted molar refractivity (Wildman–Crippen MR) is 67.4 cm³/mol. The Morgan fingerprint density at radius 2 is 1.80 bits per heavy atom. The molecule has 1 heterocycles. The second-order valence-electron chi connectivity index (χ2n) is 4.87. The van der Waals surface area contributed by atoms with Crippen molar-refractivity contribution in [3.63, 3.8) is 0 Å². The number of hydrogen-bond acceptors (Lipinski definition) is 2. The van der Waals surface area contributed by atoms with E-state index in [1.807, 2.05) is 0 Å². The summed E-state index contributed by atoms with van der Waals surface area (Å²) in [4.78, 5) is 13.2. The Bertz CT molecular complexity index is 537. The molecule has 4 nitrogen and oxygen atoms in total. The highest BCUT2D eigenvalue weighted by Gasteiger charge is 2.38. The van der Waals surface area contributed by atoms with E-state index in [2.05, 4.69) is 5.32 Å². The summed E-state index contributed by atoms with van der Waals surface area (Å²) in [6, 6.07) is 3.30. The number of carbonyl (C=O) groups excluding carboxylic acids is 1. The van der Waals surface area contributed by atoms with Gasteiger partial charge in [0.25, 0.3) is 0 Å². The van der Waals surface area contributed by atoms with Gasteiger partial charge in [-0.3, -0.25) is 10.7 Å². The molecule has 20 heavy (non-hydrogen) atoms. The molecule has 0 radical (unpaired) electrons. The second kappa shape index (κ2) is 4.81. The maximum atomic E-state index is 12.5. The van der Waals surface area contributed by atoms with Crippen LogP contribution in [0.1, 0.15) is 31.0 Å². The van der Waals surface area contributed by atoms with Crippen LogP contribution in [0.15, 0.2) is 24.3 Å². The van der Waals surface area contributed by atoms with Crippen molar-refractivity contribution in [3.05, 3.63) is 35.4 Å². The zero-order valence-corrected chi connectivity index (χ0v) is 11.0. The summed E-state index contributed by atoms with van der Waals surface area (Å²) >= 11 is 0. The monoisotopic (exact) mass is 285 g/mol. The molecule has 2 N–H and O–H groups in total. The number of nitrogens with one attached hydrogen (secondary N) is 2. The van der Waals surface area contributed by atoms with Crippen LogP contribution in [0, 0.1) is 5.41 Å². The molecule has 108 valence electrons. The SMILES string of the molecule is CC(C)N1C(=O)NC(=N)C1c1ccc(C(F)(F)F)cc1. The summed E-state index contributed by atoms with van der Waals surface area (Å²) in [5.41, 5.74) is -0.267. The molecule has 0 bridgehead atoms. The van der Waals surface area contributed by atoms with Gasteiger partial charge in [0, 0.05) is 6.04 Å². The maximum Gasteiger partial charge on any atom is 0.416 e. The molecule has 1 aromatic carbocycles. The largest absolute Gasteiger partial charge is 0.416 e. The number of carbonyl (C=O) groups is 1. The number of hydrogen-bond donors (Lipinski definition) is 2. The van der Waals surface area contributed by atoms with Gasteiger partial charge in [0.05, 0.1) is 5.56 Å². The number of amides is 2. The number of urea groups is 1. The fourth-order valence-electron chi connectivity index (χ4n) is 2.22. The standard InChI is InChI=1S/C13H14F3N3O/c1-7(2)19-10(11(17)18-12(19)20)8-3-5-9(6-4-8)13(14,15)16/h3-7,10H,1-2H3,(H2,17,18,20). The first kappa shape index (κ1) is 14.4. The van der Waals surface area contributed by atoms with Crippen molar-refractivity contribution in [1.29, 1.82) is 5.41 Å². The van der Waals surface area contributed by atoms with E-state index in [4.69, 9.17) is 5.41 Å². The minimum atomic E-state index is -4.40. The highest BCUT2D eigenvalue weighted by Crippen LogP contribution is 2.32. The van der Waals surface area contributed by atoms with Gasteiger partial charge in [0.15, 0.2) is 0 Å². The van der Waals surface area contributed by atoms with Crippen molar-refractivity contribution in [3.8, 4) is 0 Å². The molecule has 1 atom stereocenters. The molecule has 1 aromatic rings. The molecular weight excluding hydrogens is 271 g/mol. The van der Waals surface area contributed by atoms with Crippen LogP contribution in [0.3, 0.4) is 0 Å². The highest BCUT2D eigenvalue weighted by atomic mass is 19.4.